The minimum atomic E-state index is -0.0850. The first kappa shape index (κ1) is 20.2. The minimum absolute atomic E-state index is 0.0850. The van der Waals surface area contributed by atoms with Crippen molar-refractivity contribution >= 4 is 22.5 Å². The van der Waals surface area contributed by atoms with Gasteiger partial charge >= 0.3 is 5.69 Å². The smallest absolute Gasteiger partial charge is 0.302 e. The summed E-state index contributed by atoms with van der Waals surface area (Å²) < 4.78 is 1.93. The Morgan fingerprint density at radius 3 is 2.69 bits per heavy atom. The van der Waals surface area contributed by atoms with Crippen molar-refractivity contribution in [1.82, 2.24) is 14.5 Å². The van der Waals surface area contributed by atoms with Gasteiger partial charge in [0.25, 0.3) is 0 Å². The van der Waals surface area contributed by atoms with Crippen LogP contribution < -0.4 is 5.69 Å². The van der Waals surface area contributed by atoms with Crippen molar-refractivity contribution < 1.29 is 0 Å². The molecule has 0 atom stereocenters. The number of fused-ring (bicyclic) bond motifs is 2. The number of rotatable bonds is 8. The first-order chi connectivity index (χ1) is 14.2. The van der Waals surface area contributed by atoms with Gasteiger partial charge in [0, 0.05) is 30.1 Å². The van der Waals surface area contributed by atoms with Crippen LogP contribution in [0.2, 0.25) is 0 Å². The van der Waals surface area contributed by atoms with Crippen LogP contribution in [-0.2, 0) is 25.1 Å². The Morgan fingerprint density at radius 2 is 1.86 bits per heavy atom. The maximum atomic E-state index is 12.8. The van der Waals surface area contributed by atoms with Crippen LogP contribution in [0.3, 0.4) is 0 Å². The van der Waals surface area contributed by atoms with Crippen LogP contribution in [0.5, 0.6) is 0 Å². The van der Waals surface area contributed by atoms with Crippen LogP contribution in [0.4, 0.5) is 0 Å². The second-order valence-electron chi connectivity index (χ2n) is 7.58. The van der Waals surface area contributed by atoms with E-state index in [1.54, 1.807) is 11.8 Å². The van der Waals surface area contributed by atoms with Gasteiger partial charge in [0.2, 0.25) is 0 Å². The molecule has 0 spiro atoms. The van der Waals surface area contributed by atoms with E-state index in [0.29, 0.717) is 0 Å². The molecule has 1 aromatic heterocycles. The quantitative estimate of drug-likeness (QED) is 0.406. The fourth-order valence-electron chi connectivity index (χ4n) is 4.28. The normalized spacial score (nSPS) is 13.3. The molecule has 152 valence electrons. The first-order valence-electron chi connectivity index (χ1n) is 10.7. The number of likely N-dealkylation sites (N-methyl/N-ethyl adjacent to an activating group) is 1. The van der Waals surface area contributed by atoms with Crippen molar-refractivity contribution in [3.8, 4) is 0 Å². The lowest BCUT2D eigenvalue weighted by Gasteiger charge is -2.20. The molecule has 1 heterocycles. The molecule has 0 amide bonds. The summed E-state index contributed by atoms with van der Waals surface area (Å²) in [7, 11) is 0. The lowest BCUT2D eigenvalue weighted by molar-refractivity contribution is 0.286. The highest BCUT2D eigenvalue weighted by Gasteiger charge is 2.22. The number of hydrogen-bond acceptors (Lipinski definition) is 4. The van der Waals surface area contributed by atoms with Gasteiger partial charge in [-0.25, -0.2) is 4.79 Å². The van der Waals surface area contributed by atoms with Crippen LogP contribution in [0, 0.1) is 0 Å². The summed E-state index contributed by atoms with van der Waals surface area (Å²) in [5.41, 5.74) is 3.73. The van der Waals surface area contributed by atoms with E-state index in [1.165, 1.54) is 27.6 Å². The summed E-state index contributed by atoms with van der Waals surface area (Å²) in [5, 5.41) is 3.48. The van der Waals surface area contributed by atoms with Gasteiger partial charge in [0.1, 0.15) is 5.03 Å². The highest BCUT2D eigenvalue weighted by molar-refractivity contribution is 7.98. The van der Waals surface area contributed by atoms with Crippen LogP contribution in [-0.4, -0.2) is 34.1 Å². The molecule has 4 nitrogen and oxygen atoms in total. The van der Waals surface area contributed by atoms with Gasteiger partial charge in [-0.15, -0.1) is 11.8 Å². The van der Waals surface area contributed by atoms with E-state index in [9.17, 15) is 4.79 Å². The Hall–Kier alpha value is -2.11. The van der Waals surface area contributed by atoms with Crippen LogP contribution in [0.15, 0.2) is 52.3 Å². The van der Waals surface area contributed by atoms with Gasteiger partial charge in [0.15, 0.2) is 0 Å². The average Bonchev–Trinajstić information content (AvgIpc) is 3.24. The Kier molecular flexibility index (Phi) is 6.36. The van der Waals surface area contributed by atoms with Crippen LogP contribution in [0.25, 0.3) is 10.8 Å². The molecule has 0 saturated carbocycles. The van der Waals surface area contributed by atoms with Gasteiger partial charge in [-0.1, -0.05) is 56.3 Å². The molecule has 0 aliphatic heterocycles. The van der Waals surface area contributed by atoms with Gasteiger partial charge in [-0.2, -0.15) is 4.98 Å². The van der Waals surface area contributed by atoms with Crippen molar-refractivity contribution in [3.63, 3.8) is 0 Å². The lowest BCUT2D eigenvalue weighted by atomic mass is 10.1. The molecular formula is C24H29N3OS. The molecule has 0 saturated heterocycles. The zero-order chi connectivity index (χ0) is 20.2. The van der Waals surface area contributed by atoms with Gasteiger partial charge in [-0.3, -0.25) is 4.57 Å². The summed E-state index contributed by atoms with van der Waals surface area (Å²) in [5.74, 6) is 0.837. The predicted molar refractivity (Wildman–Crippen MR) is 122 cm³/mol. The molecular weight excluding hydrogens is 378 g/mol. The number of nitrogens with zero attached hydrogens (tertiary/aromatic N) is 3. The van der Waals surface area contributed by atoms with Gasteiger partial charge in [0.05, 0.1) is 0 Å². The average molecular weight is 408 g/mol. The highest BCUT2D eigenvalue weighted by Crippen LogP contribution is 2.32. The van der Waals surface area contributed by atoms with E-state index >= 15 is 0 Å². The molecule has 0 radical (unpaired) electrons. The zero-order valence-corrected chi connectivity index (χ0v) is 18.2. The van der Waals surface area contributed by atoms with E-state index < -0.39 is 0 Å². The van der Waals surface area contributed by atoms with Crippen molar-refractivity contribution in [1.29, 1.82) is 0 Å². The summed E-state index contributed by atoms with van der Waals surface area (Å²) in [6.07, 6.45) is 3.15. The number of benzene rings is 2. The minimum Gasteiger partial charge on any atom is -0.302 e. The highest BCUT2D eigenvalue weighted by atomic mass is 32.2. The zero-order valence-electron chi connectivity index (χ0n) is 17.4. The second-order valence-corrected chi connectivity index (χ2v) is 8.55. The second kappa shape index (κ2) is 9.14. The van der Waals surface area contributed by atoms with Crippen LogP contribution in [0.1, 0.15) is 37.1 Å². The third-order valence-corrected chi connectivity index (χ3v) is 7.05. The molecule has 0 N–H and O–H groups in total. The van der Waals surface area contributed by atoms with E-state index in [1.807, 2.05) is 4.57 Å². The molecule has 5 heteroatoms. The van der Waals surface area contributed by atoms with Gasteiger partial charge < -0.3 is 4.90 Å². The molecule has 0 unspecified atom stereocenters. The molecule has 3 aromatic rings. The van der Waals surface area contributed by atoms with E-state index in [-0.39, 0.29) is 5.69 Å². The Morgan fingerprint density at radius 1 is 1.07 bits per heavy atom. The molecule has 0 fully saturated rings. The van der Waals surface area contributed by atoms with Crippen molar-refractivity contribution in [2.24, 2.45) is 0 Å². The summed E-state index contributed by atoms with van der Waals surface area (Å²) in [6.45, 7) is 8.01. The topological polar surface area (TPSA) is 38.1 Å². The first-order valence-corrected chi connectivity index (χ1v) is 11.6. The van der Waals surface area contributed by atoms with E-state index in [4.69, 9.17) is 0 Å². The molecule has 0 bridgehead atoms. The Balaban J connectivity index is 1.58. The fraction of sp³-hybridized carbons (Fsp3) is 0.417. The van der Waals surface area contributed by atoms with E-state index in [0.717, 1.165) is 56.2 Å². The maximum absolute atomic E-state index is 12.8. The Bertz CT molecular complexity index is 1050. The number of aromatic nitrogens is 2. The summed E-state index contributed by atoms with van der Waals surface area (Å²) in [6, 6.07) is 14.9. The lowest BCUT2D eigenvalue weighted by Crippen LogP contribution is -2.33. The number of thioether (sulfide) groups is 1. The molecule has 29 heavy (non-hydrogen) atoms. The van der Waals surface area contributed by atoms with Crippen molar-refractivity contribution in [2.45, 2.75) is 50.4 Å². The third kappa shape index (κ3) is 4.26. The van der Waals surface area contributed by atoms with Crippen molar-refractivity contribution in [3.05, 3.63) is 69.8 Å². The standard InChI is InChI=1S/C24H29N3OS/c1-3-26(4-2)15-16-27-22-14-8-13-21(22)23(25-24(27)28)29-17-19-11-7-10-18-9-5-6-12-20(18)19/h5-7,9-12H,3-4,8,13-17H2,1-2H3. The SMILES string of the molecule is CCN(CC)CCn1c2c(c(SCc3cccc4ccccc34)nc1=O)CCC2. The molecule has 4 rings (SSSR count). The summed E-state index contributed by atoms with van der Waals surface area (Å²) in [4.78, 5) is 19.7. The Labute approximate surface area is 177 Å². The summed E-state index contributed by atoms with van der Waals surface area (Å²) >= 11 is 1.72. The molecule has 2 aromatic carbocycles. The molecule has 1 aliphatic carbocycles. The monoisotopic (exact) mass is 407 g/mol. The van der Waals surface area contributed by atoms with Crippen molar-refractivity contribution in [2.75, 3.05) is 19.6 Å². The number of hydrogen-bond donors (Lipinski definition) is 0. The largest absolute Gasteiger partial charge is 0.348 e. The third-order valence-electron chi connectivity index (χ3n) is 5.98. The fourth-order valence-corrected chi connectivity index (χ4v) is 5.36. The predicted octanol–water partition coefficient (Wildman–Crippen LogP) is 4.52. The van der Waals surface area contributed by atoms with E-state index in [2.05, 4.69) is 66.2 Å². The maximum Gasteiger partial charge on any atom is 0.348 e. The van der Waals surface area contributed by atoms with Crippen LogP contribution >= 0.6 is 11.8 Å². The van der Waals surface area contributed by atoms with Gasteiger partial charge in [-0.05, 0) is 48.7 Å². The molecule has 1 aliphatic rings.